The van der Waals surface area contributed by atoms with Gasteiger partial charge in [-0.25, -0.2) is 4.39 Å². The third-order valence-corrected chi connectivity index (χ3v) is 3.94. The molecule has 0 spiro atoms. The maximum atomic E-state index is 14.1. The van der Waals surface area contributed by atoms with Crippen molar-refractivity contribution in [3.63, 3.8) is 0 Å². The largest absolute Gasteiger partial charge is 0.497 e. The normalized spacial score (nSPS) is 17.2. The molecule has 2 aromatic carbocycles. The highest BCUT2D eigenvalue weighted by molar-refractivity contribution is 5.55. The summed E-state index contributed by atoms with van der Waals surface area (Å²) in [6, 6.07) is 13.4. The van der Waals surface area contributed by atoms with Crippen LogP contribution in [0.15, 0.2) is 42.5 Å². The third-order valence-electron chi connectivity index (χ3n) is 3.94. The molecule has 1 aliphatic rings. The van der Waals surface area contributed by atoms with Gasteiger partial charge in [-0.05, 0) is 42.0 Å². The molecule has 0 fully saturated rings. The molecule has 1 heterocycles. The molecule has 1 aliphatic heterocycles. The fraction of sp³-hybridized carbons (Fsp3) is 0.294. The van der Waals surface area contributed by atoms with Gasteiger partial charge >= 0.3 is 0 Å². The van der Waals surface area contributed by atoms with Gasteiger partial charge in [0, 0.05) is 18.3 Å². The van der Waals surface area contributed by atoms with E-state index in [1.54, 1.807) is 7.11 Å². The van der Waals surface area contributed by atoms with Crippen LogP contribution in [0.2, 0.25) is 0 Å². The summed E-state index contributed by atoms with van der Waals surface area (Å²) < 4.78 is 19.1. The summed E-state index contributed by atoms with van der Waals surface area (Å²) in [5, 5.41) is 3.40. The van der Waals surface area contributed by atoms with Gasteiger partial charge in [0.05, 0.1) is 7.11 Å². The van der Waals surface area contributed by atoms with Gasteiger partial charge in [0.2, 0.25) is 0 Å². The lowest BCUT2D eigenvalue weighted by Crippen LogP contribution is -2.18. The van der Waals surface area contributed by atoms with E-state index < -0.39 is 0 Å². The predicted octanol–water partition coefficient (Wildman–Crippen LogP) is 3.98. The number of hydrogen-bond donors (Lipinski definition) is 1. The Hall–Kier alpha value is -2.03. The Balaban J connectivity index is 1.85. The van der Waals surface area contributed by atoms with Gasteiger partial charge in [0.1, 0.15) is 11.6 Å². The summed E-state index contributed by atoms with van der Waals surface area (Å²) in [6.45, 7) is 0.944. The Morgan fingerprint density at radius 1 is 1.25 bits per heavy atom. The number of anilines is 1. The van der Waals surface area contributed by atoms with E-state index in [-0.39, 0.29) is 5.82 Å². The molecule has 1 unspecified atom stereocenters. The monoisotopic (exact) mass is 271 g/mol. The van der Waals surface area contributed by atoms with Gasteiger partial charge in [-0.15, -0.1) is 0 Å². The van der Waals surface area contributed by atoms with Crippen LogP contribution in [0.1, 0.15) is 23.5 Å². The predicted molar refractivity (Wildman–Crippen MR) is 78.9 cm³/mol. The zero-order chi connectivity index (χ0) is 13.9. The average Bonchev–Trinajstić information content (AvgIpc) is 2.49. The van der Waals surface area contributed by atoms with Crippen LogP contribution in [0.5, 0.6) is 5.75 Å². The minimum absolute atomic E-state index is 0.180. The molecule has 2 nitrogen and oxygen atoms in total. The van der Waals surface area contributed by atoms with Crippen molar-refractivity contribution < 1.29 is 9.13 Å². The van der Waals surface area contributed by atoms with E-state index in [1.807, 2.05) is 24.3 Å². The molecule has 104 valence electrons. The van der Waals surface area contributed by atoms with Crippen molar-refractivity contribution in [3.8, 4) is 5.75 Å². The first kappa shape index (κ1) is 13.0. The van der Waals surface area contributed by atoms with Crippen molar-refractivity contribution in [2.24, 2.45) is 0 Å². The zero-order valence-electron chi connectivity index (χ0n) is 11.5. The first-order valence-corrected chi connectivity index (χ1v) is 6.93. The van der Waals surface area contributed by atoms with E-state index in [4.69, 9.17) is 4.74 Å². The summed E-state index contributed by atoms with van der Waals surface area (Å²) in [4.78, 5) is 0. The van der Waals surface area contributed by atoms with E-state index in [1.165, 1.54) is 17.3 Å². The molecule has 1 N–H and O–H groups in total. The highest BCUT2D eigenvalue weighted by Gasteiger charge is 2.21. The topological polar surface area (TPSA) is 21.3 Å². The Labute approximate surface area is 118 Å². The van der Waals surface area contributed by atoms with Crippen molar-refractivity contribution in [1.29, 1.82) is 0 Å². The van der Waals surface area contributed by atoms with Crippen molar-refractivity contribution in [2.45, 2.75) is 18.8 Å². The first-order valence-electron chi connectivity index (χ1n) is 6.93. The van der Waals surface area contributed by atoms with Crippen LogP contribution >= 0.6 is 0 Å². The molecule has 0 aromatic heterocycles. The molecule has 2 aromatic rings. The number of fused-ring (bicyclic) bond motifs is 1. The highest BCUT2D eigenvalue weighted by atomic mass is 19.1. The maximum absolute atomic E-state index is 14.1. The second kappa shape index (κ2) is 5.53. The summed E-state index contributed by atoms with van der Waals surface area (Å²) in [7, 11) is 1.55. The molecule has 0 saturated heterocycles. The number of halogens is 1. The minimum Gasteiger partial charge on any atom is -0.497 e. The summed E-state index contributed by atoms with van der Waals surface area (Å²) in [5.74, 6) is 0.757. The molecule has 0 amide bonds. The number of ether oxygens (including phenoxy) is 1. The Morgan fingerprint density at radius 3 is 2.90 bits per heavy atom. The van der Waals surface area contributed by atoms with Crippen LogP contribution in [0.25, 0.3) is 0 Å². The van der Waals surface area contributed by atoms with Crippen LogP contribution in [0, 0.1) is 5.82 Å². The molecular weight excluding hydrogens is 253 g/mol. The van der Waals surface area contributed by atoms with Crippen molar-refractivity contribution in [1.82, 2.24) is 0 Å². The zero-order valence-corrected chi connectivity index (χ0v) is 11.5. The number of nitrogens with one attached hydrogen (secondary N) is 1. The number of hydrogen-bond acceptors (Lipinski definition) is 2. The average molecular weight is 271 g/mol. The molecular formula is C17H18FNO. The van der Waals surface area contributed by atoms with Gasteiger partial charge in [-0.3, -0.25) is 0 Å². The van der Waals surface area contributed by atoms with Crippen LogP contribution < -0.4 is 10.1 Å². The molecule has 0 radical (unpaired) electrons. The molecule has 0 saturated carbocycles. The standard InChI is InChI=1S/C17H18FNO/c1-20-14-7-6-13(16(18)11-14)10-12-8-9-19-17-5-3-2-4-15(12)17/h2-7,11-12,19H,8-10H2,1H3. The van der Waals surface area contributed by atoms with Gasteiger partial charge in [-0.1, -0.05) is 24.3 Å². The van der Waals surface area contributed by atoms with E-state index in [0.29, 0.717) is 11.7 Å². The van der Waals surface area contributed by atoms with Gasteiger partial charge < -0.3 is 10.1 Å². The SMILES string of the molecule is COc1ccc(CC2CCNc3ccccc32)c(F)c1. The van der Waals surface area contributed by atoms with Gasteiger partial charge in [0.15, 0.2) is 0 Å². The smallest absolute Gasteiger partial charge is 0.130 e. The van der Waals surface area contributed by atoms with Crippen LogP contribution in [0.3, 0.4) is 0 Å². The van der Waals surface area contributed by atoms with Crippen LogP contribution in [-0.4, -0.2) is 13.7 Å². The molecule has 0 aliphatic carbocycles. The van der Waals surface area contributed by atoms with Crippen molar-refractivity contribution >= 4 is 5.69 Å². The first-order chi connectivity index (χ1) is 9.78. The quantitative estimate of drug-likeness (QED) is 0.911. The lowest BCUT2D eigenvalue weighted by atomic mass is 9.86. The number of para-hydroxylation sites is 1. The molecule has 20 heavy (non-hydrogen) atoms. The van der Waals surface area contributed by atoms with E-state index in [0.717, 1.165) is 24.9 Å². The number of benzene rings is 2. The molecule has 1 atom stereocenters. The van der Waals surface area contributed by atoms with Gasteiger partial charge in [0.25, 0.3) is 0 Å². The van der Waals surface area contributed by atoms with Crippen LogP contribution in [0.4, 0.5) is 10.1 Å². The Kier molecular flexibility index (Phi) is 3.59. The van der Waals surface area contributed by atoms with E-state index in [2.05, 4.69) is 17.4 Å². The fourth-order valence-electron chi connectivity index (χ4n) is 2.85. The molecule has 3 heteroatoms. The molecule has 0 bridgehead atoms. The van der Waals surface area contributed by atoms with Gasteiger partial charge in [-0.2, -0.15) is 0 Å². The molecule has 3 rings (SSSR count). The number of methoxy groups -OCH3 is 1. The fourth-order valence-corrected chi connectivity index (χ4v) is 2.85. The highest BCUT2D eigenvalue weighted by Crippen LogP contribution is 2.34. The lowest BCUT2D eigenvalue weighted by molar-refractivity contribution is 0.410. The maximum Gasteiger partial charge on any atom is 0.130 e. The van der Waals surface area contributed by atoms with E-state index >= 15 is 0 Å². The summed E-state index contributed by atoms with van der Waals surface area (Å²) in [5.41, 5.74) is 3.22. The second-order valence-corrected chi connectivity index (χ2v) is 5.16. The lowest BCUT2D eigenvalue weighted by Gasteiger charge is -2.27. The van der Waals surface area contributed by atoms with Crippen LogP contribution in [-0.2, 0) is 6.42 Å². The second-order valence-electron chi connectivity index (χ2n) is 5.16. The minimum atomic E-state index is -0.180. The number of rotatable bonds is 3. The third kappa shape index (κ3) is 2.48. The van der Waals surface area contributed by atoms with Crippen molar-refractivity contribution in [3.05, 3.63) is 59.4 Å². The summed E-state index contributed by atoms with van der Waals surface area (Å²) in [6.07, 6.45) is 1.76. The Morgan fingerprint density at radius 2 is 2.10 bits per heavy atom. The van der Waals surface area contributed by atoms with Crippen molar-refractivity contribution in [2.75, 3.05) is 19.0 Å². The Bertz CT molecular complexity index is 612. The summed E-state index contributed by atoms with van der Waals surface area (Å²) >= 11 is 0. The van der Waals surface area contributed by atoms with E-state index in [9.17, 15) is 4.39 Å².